The SMILES string of the molecule is NCc1c[nH]c(=O)c(C(F)(F)F)c1C(F)F. The molecule has 0 aliphatic rings. The van der Waals surface area contributed by atoms with Crippen molar-refractivity contribution in [3.8, 4) is 0 Å². The average molecular weight is 242 g/mol. The van der Waals surface area contributed by atoms with Crippen LogP contribution in [0.4, 0.5) is 22.0 Å². The number of hydrogen-bond donors (Lipinski definition) is 2. The van der Waals surface area contributed by atoms with Crippen molar-refractivity contribution in [1.82, 2.24) is 4.98 Å². The summed E-state index contributed by atoms with van der Waals surface area (Å²) in [6.45, 7) is -0.514. The topological polar surface area (TPSA) is 58.9 Å². The number of alkyl halides is 5. The Bertz CT molecular complexity index is 437. The third-order valence-corrected chi connectivity index (χ3v) is 1.94. The zero-order valence-corrected chi connectivity index (χ0v) is 7.74. The number of nitrogens with two attached hydrogens (primary N) is 1. The van der Waals surface area contributed by atoms with Gasteiger partial charge in [-0.3, -0.25) is 4.79 Å². The molecule has 0 unspecified atom stereocenters. The number of pyridine rings is 1. The molecule has 1 rings (SSSR count). The summed E-state index contributed by atoms with van der Waals surface area (Å²) in [5.41, 5.74) is -0.230. The number of aromatic amines is 1. The molecule has 1 aromatic heterocycles. The summed E-state index contributed by atoms with van der Waals surface area (Å²) >= 11 is 0. The van der Waals surface area contributed by atoms with E-state index in [0.29, 0.717) is 0 Å². The first kappa shape index (κ1) is 12.6. The van der Waals surface area contributed by atoms with Gasteiger partial charge in [0.05, 0.1) is 0 Å². The Morgan fingerprint density at radius 3 is 2.31 bits per heavy atom. The van der Waals surface area contributed by atoms with Gasteiger partial charge in [0.1, 0.15) is 5.56 Å². The van der Waals surface area contributed by atoms with Crippen molar-refractivity contribution >= 4 is 0 Å². The summed E-state index contributed by atoms with van der Waals surface area (Å²) in [6.07, 6.45) is -7.78. The second kappa shape index (κ2) is 4.20. The first-order chi connectivity index (χ1) is 7.29. The van der Waals surface area contributed by atoms with Crippen molar-refractivity contribution in [3.63, 3.8) is 0 Å². The van der Waals surface area contributed by atoms with Crippen molar-refractivity contribution in [3.05, 3.63) is 33.2 Å². The molecule has 0 saturated carbocycles. The number of rotatable bonds is 2. The van der Waals surface area contributed by atoms with Gasteiger partial charge in [0.25, 0.3) is 12.0 Å². The lowest BCUT2D eigenvalue weighted by atomic mass is 10.0. The molecule has 0 fully saturated rings. The zero-order valence-electron chi connectivity index (χ0n) is 7.74. The van der Waals surface area contributed by atoms with Crippen LogP contribution in [0, 0.1) is 0 Å². The molecule has 0 amide bonds. The van der Waals surface area contributed by atoms with Crippen LogP contribution in [0.5, 0.6) is 0 Å². The normalized spacial score (nSPS) is 12.2. The molecule has 16 heavy (non-hydrogen) atoms. The minimum Gasteiger partial charge on any atom is -0.328 e. The number of hydrogen-bond acceptors (Lipinski definition) is 2. The van der Waals surface area contributed by atoms with E-state index in [4.69, 9.17) is 5.73 Å². The van der Waals surface area contributed by atoms with Crippen LogP contribution in [0.3, 0.4) is 0 Å². The minimum absolute atomic E-state index is 0.429. The highest BCUT2D eigenvalue weighted by Crippen LogP contribution is 2.35. The first-order valence-corrected chi connectivity index (χ1v) is 4.09. The van der Waals surface area contributed by atoms with Crippen LogP contribution in [0.2, 0.25) is 0 Å². The Labute approximate surface area is 86.1 Å². The second-order valence-electron chi connectivity index (χ2n) is 2.93. The first-order valence-electron chi connectivity index (χ1n) is 4.09. The average Bonchev–Trinajstić information content (AvgIpc) is 2.15. The van der Waals surface area contributed by atoms with E-state index >= 15 is 0 Å². The fourth-order valence-electron chi connectivity index (χ4n) is 1.29. The van der Waals surface area contributed by atoms with Crippen molar-refractivity contribution in [2.75, 3.05) is 0 Å². The van der Waals surface area contributed by atoms with Gasteiger partial charge >= 0.3 is 6.18 Å². The van der Waals surface area contributed by atoms with Gasteiger partial charge in [0.15, 0.2) is 0 Å². The van der Waals surface area contributed by atoms with Gasteiger partial charge < -0.3 is 10.7 Å². The van der Waals surface area contributed by atoms with E-state index in [0.717, 1.165) is 6.20 Å². The van der Waals surface area contributed by atoms with Gasteiger partial charge in [0.2, 0.25) is 0 Å². The van der Waals surface area contributed by atoms with Crippen LogP contribution in [-0.4, -0.2) is 4.98 Å². The zero-order chi connectivity index (χ0) is 12.5. The van der Waals surface area contributed by atoms with Crippen LogP contribution >= 0.6 is 0 Å². The second-order valence-corrected chi connectivity index (χ2v) is 2.93. The summed E-state index contributed by atoms with van der Waals surface area (Å²) in [4.78, 5) is 12.6. The third kappa shape index (κ3) is 2.21. The molecule has 0 radical (unpaired) electrons. The van der Waals surface area contributed by atoms with E-state index in [2.05, 4.69) is 0 Å². The highest BCUT2D eigenvalue weighted by molar-refractivity contribution is 5.34. The van der Waals surface area contributed by atoms with E-state index in [1.165, 1.54) is 0 Å². The van der Waals surface area contributed by atoms with Crippen molar-refractivity contribution in [2.24, 2.45) is 5.73 Å². The van der Waals surface area contributed by atoms with Gasteiger partial charge in [-0.1, -0.05) is 0 Å². The predicted molar refractivity (Wildman–Crippen MR) is 44.9 cm³/mol. The van der Waals surface area contributed by atoms with Crippen molar-refractivity contribution in [2.45, 2.75) is 19.1 Å². The Morgan fingerprint density at radius 1 is 1.38 bits per heavy atom. The Balaban J connectivity index is 3.62. The fourth-order valence-corrected chi connectivity index (χ4v) is 1.29. The number of aromatic nitrogens is 1. The van der Waals surface area contributed by atoms with E-state index in [9.17, 15) is 26.7 Å². The Morgan fingerprint density at radius 2 is 1.94 bits per heavy atom. The third-order valence-electron chi connectivity index (χ3n) is 1.94. The molecule has 0 aromatic carbocycles. The standard InChI is InChI=1S/C8H7F5N2O/c9-6(10)4-3(1-14)2-15-7(16)5(4)8(11,12)13/h2,6H,1,14H2,(H,15,16). The van der Waals surface area contributed by atoms with Crippen LogP contribution in [0.25, 0.3) is 0 Å². The summed E-state index contributed by atoms with van der Waals surface area (Å²) in [5.74, 6) is 0. The molecule has 0 atom stereocenters. The lowest BCUT2D eigenvalue weighted by Crippen LogP contribution is -2.26. The van der Waals surface area contributed by atoms with Crippen LogP contribution in [-0.2, 0) is 12.7 Å². The molecule has 1 heterocycles. The van der Waals surface area contributed by atoms with E-state index < -0.39 is 41.4 Å². The molecule has 8 heteroatoms. The summed E-state index contributed by atoms with van der Waals surface area (Å²) in [6, 6.07) is 0. The molecule has 0 saturated heterocycles. The van der Waals surface area contributed by atoms with Gasteiger partial charge in [-0.25, -0.2) is 8.78 Å². The van der Waals surface area contributed by atoms with Gasteiger partial charge in [0, 0.05) is 18.3 Å². The largest absolute Gasteiger partial charge is 0.422 e. The predicted octanol–water partition coefficient (Wildman–Crippen LogP) is 1.79. The maximum atomic E-state index is 12.5. The summed E-state index contributed by atoms with van der Waals surface area (Å²) < 4.78 is 62.1. The highest BCUT2D eigenvalue weighted by Gasteiger charge is 2.40. The minimum atomic E-state index is -5.13. The van der Waals surface area contributed by atoms with Crippen molar-refractivity contribution < 1.29 is 22.0 Å². The molecular formula is C8H7F5N2O. The maximum absolute atomic E-state index is 12.5. The molecular weight excluding hydrogens is 235 g/mol. The van der Waals surface area contributed by atoms with E-state index in [1.807, 2.05) is 0 Å². The fraction of sp³-hybridized carbons (Fsp3) is 0.375. The van der Waals surface area contributed by atoms with Crippen LogP contribution in [0.15, 0.2) is 11.0 Å². The van der Waals surface area contributed by atoms with Gasteiger partial charge in [-0.15, -0.1) is 0 Å². The van der Waals surface area contributed by atoms with Gasteiger partial charge in [-0.2, -0.15) is 13.2 Å². The number of halogens is 5. The Kier molecular flexibility index (Phi) is 3.32. The molecule has 3 N–H and O–H groups in total. The van der Waals surface area contributed by atoms with Crippen LogP contribution in [0.1, 0.15) is 23.1 Å². The van der Waals surface area contributed by atoms with Crippen molar-refractivity contribution in [1.29, 1.82) is 0 Å². The lowest BCUT2D eigenvalue weighted by Gasteiger charge is -2.14. The Hall–Kier alpha value is -1.44. The highest BCUT2D eigenvalue weighted by atomic mass is 19.4. The monoisotopic (exact) mass is 242 g/mol. The lowest BCUT2D eigenvalue weighted by molar-refractivity contribution is -0.140. The molecule has 90 valence electrons. The summed E-state index contributed by atoms with van der Waals surface area (Å²) in [5, 5.41) is 0. The van der Waals surface area contributed by atoms with E-state index in [1.54, 1.807) is 4.98 Å². The number of H-pyrrole nitrogens is 1. The molecule has 0 spiro atoms. The van der Waals surface area contributed by atoms with Gasteiger partial charge in [-0.05, 0) is 5.56 Å². The summed E-state index contributed by atoms with van der Waals surface area (Å²) in [7, 11) is 0. The van der Waals surface area contributed by atoms with Crippen LogP contribution < -0.4 is 11.3 Å². The molecule has 1 aromatic rings. The smallest absolute Gasteiger partial charge is 0.328 e. The quantitative estimate of drug-likeness (QED) is 0.777. The number of nitrogens with one attached hydrogen (secondary N) is 1. The molecule has 0 aliphatic heterocycles. The molecule has 0 aliphatic carbocycles. The van der Waals surface area contributed by atoms with E-state index in [-0.39, 0.29) is 0 Å². The molecule has 3 nitrogen and oxygen atoms in total. The maximum Gasteiger partial charge on any atom is 0.422 e. The molecule has 0 bridgehead atoms.